The minimum absolute atomic E-state index is 0.121. The van der Waals surface area contributed by atoms with Crippen molar-refractivity contribution < 1.29 is 9.59 Å². The molecule has 4 nitrogen and oxygen atoms in total. The summed E-state index contributed by atoms with van der Waals surface area (Å²) >= 11 is 7.20. The molecule has 132 valence electrons. The maximum atomic E-state index is 12.2. The monoisotopic (exact) mass is 376 g/mol. The number of carbonyl (C=O) groups is 2. The van der Waals surface area contributed by atoms with Crippen molar-refractivity contribution in [3.05, 3.63) is 58.6 Å². The van der Waals surface area contributed by atoms with Crippen molar-refractivity contribution in [3.63, 3.8) is 0 Å². The Bertz CT molecular complexity index is 763. The molecule has 0 saturated carbocycles. The van der Waals surface area contributed by atoms with Crippen molar-refractivity contribution in [2.24, 2.45) is 0 Å². The Morgan fingerprint density at radius 1 is 1.08 bits per heavy atom. The van der Waals surface area contributed by atoms with Crippen molar-refractivity contribution in [1.82, 2.24) is 0 Å². The van der Waals surface area contributed by atoms with E-state index in [4.69, 9.17) is 11.6 Å². The fourth-order valence-electron chi connectivity index (χ4n) is 2.11. The molecule has 2 aromatic rings. The number of hydrogen-bond acceptors (Lipinski definition) is 3. The summed E-state index contributed by atoms with van der Waals surface area (Å²) in [5, 5.41) is 5.99. The molecule has 0 bridgehead atoms. The fraction of sp³-hybridized carbons (Fsp3) is 0.263. The molecule has 0 radical (unpaired) electrons. The third-order valence-electron chi connectivity index (χ3n) is 3.62. The minimum Gasteiger partial charge on any atom is -0.325 e. The molecule has 0 fully saturated rings. The van der Waals surface area contributed by atoms with Gasteiger partial charge in [0.15, 0.2) is 0 Å². The van der Waals surface area contributed by atoms with Crippen molar-refractivity contribution in [3.8, 4) is 0 Å². The lowest BCUT2D eigenvalue weighted by atomic mass is 10.2. The molecule has 1 unspecified atom stereocenters. The Morgan fingerprint density at radius 3 is 2.40 bits per heavy atom. The van der Waals surface area contributed by atoms with Gasteiger partial charge >= 0.3 is 0 Å². The molecular weight excluding hydrogens is 356 g/mol. The molecule has 2 N–H and O–H groups in total. The van der Waals surface area contributed by atoms with E-state index in [2.05, 4.69) is 10.6 Å². The number of thioether (sulfide) groups is 1. The van der Waals surface area contributed by atoms with Gasteiger partial charge in [0.1, 0.15) is 0 Å². The summed E-state index contributed by atoms with van der Waals surface area (Å²) in [6.07, 6.45) is 0. The van der Waals surface area contributed by atoms with Gasteiger partial charge in [-0.25, -0.2) is 0 Å². The molecule has 0 aromatic heterocycles. The Kier molecular flexibility index (Phi) is 6.91. The third-order valence-corrected chi connectivity index (χ3v) is 4.99. The van der Waals surface area contributed by atoms with E-state index >= 15 is 0 Å². The topological polar surface area (TPSA) is 58.2 Å². The summed E-state index contributed by atoms with van der Waals surface area (Å²) in [4.78, 5) is 24.3. The van der Waals surface area contributed by atoms with Gasteiger partial charge in [0, 0.05) is 16.4 Å². The Balaban J connectivity index is 1.81. The quantitative estimate of drug-likeness (QED) is 0.771. The molecule has 2 rings (SSSR count). The normalized spacial score (nSPS) is 11.7. The van der Waals surface area contributed by atoms with Crippen molar-refractivity contribution in [2.75, 3.05) is 16.4 Å². The molecule has 0 aliphatic carbocycles. The predicted octanol–water partition coefficient (Wildman–Crippen LogP) is 4.66. The van der Waals surface area contributed by atoms with Crippen LogP contribution in [0.2, 0.25) is 5.02 Å². The third kappa shape index (κ3) is 6.11. The number of aryl methyl sites for hydroxylation is 2. The molecule has 25 heavy (non-hydrogen) atoms. The number of rotatable bonds is 6. The first-order valence-electron chi connectivity index (χ1n) is 7.90. The lowest BCUT2D eigenvalue weighted by Crippen LogP contribution is -2.25. The van der Waals surface area contributed by atoms with Gasteiger partial charge in [0.2, 0.25) is 11.8 Å². The van der Waals surface area contributed by atoms with Crippen LogP contribution in [0.15, 0.2) is 42.5 Å². The van der Waals surface area contributed by atoms with Gasteiger partial charge < -0.3 is 10.6 Å². The van der Waals surface area contributed by atoms with E-state index < -0.39 is 0 Å². The predicted molar refractivity (Wildman–Crippen MR) is 107 cm³/mol. The van der Waals surface area contributed by atoms with E-state index in [0.29, 0.717) is 5.02 Å². The van der Waals surface area contributed by atoms with Gasteiger partial charge in [-0.05, 0) is 56.7 Å². The number of anilines is 2. The van der Waals surface area contributed by atoms with Crippen LogP contribution in [0.25, 0.3) is 0 Å². The van der Waals surface area contributed by atoms with Crippen LogP contribution in [0, 0.1) is 13.8 Å². The number of benzene rings is 2. The van der Waals surface area contributed by atoms with E-state index in [1.54, 1.807) is 25.1 Å². The molecule has 2 amide bonds. The smallest absolute Gasteiger partial charge is 0.237 e. The molecule has 0 heterocycles. The van der Waals surface area contributed by atoms with Crippen LogP contribution < -0.4 is 10.6 Å². The van der Waals surface area contributed by atoms with Gasteiger partial charge in [0.05, 0.1) is 11.0 Å². The van der Waals surface area contributed by atoms with Crippen LogP contribution in [0.4, 0.5) is 11.4 Å². The number of nitrogens with one attached hydrogen (secondary N) is 2. The highest BCUT2D eigenvalue weighted by Crippen LogP contribution is 2.20. The molecule has 2 aromatic carbocycles. The Labute approximate surface area is 157 Å². The zero-order chi connectivity index (χ0) is 18.4. The van der Waals surface area contributed by atoms with Gasteiger partial charge in [-0.2, -0.15) is 0 Å². The molecular formula is C19H21ClN2O2S. The van der Waals surface area contributed by atoms with Gasteiger partial charge in [-0.1, -0.05) is 29.3 Å². The van der Waals surface area contributed by atoms with E-state index in [1.807, 2.05) is 38.1 Å². The van der Waals surface area contributed by atoms with Crippen LogP contribution in [-0.2, 0) is 9.59 Å². The van der Waals surface area contributed by atoms with Gasteiger partial charge in [-0.3, -0.25) is 9.59 Å². The average Bonchev–Trinajstić information content (AvgIpc) is 2.57. The second-order valence-electron chi connectivity index (χ2n) is 5.82. The van der Waals surface area contributed by atoms with E-state index in [1.165, 1.54) is 11.8 Å². The van der Waals surface area contributed by atoms with Crippen LogP contribution in [-0.4, -0.2) is 22.8 Å². The van der Waals surface area contributed by atoms with Crippen LogP contribution in [0.5, 0.6) is 0 Å². The summed E-state index contributed by atoms with van der Waals surface area (Å²) < 4.78 is 0. The van der Waals surface area contributed by atoms with Crippen LogP contribution in [0.3, 0.4) is 0 Å². The summed E-state index contributed by atoms with van der Waals surface area (Å²) in [5.41, 5.74) is 3.52. The maximum absolute atomic E-state index is 12.2. The van der Waals surface area contributed by atoms with Gasteiger partial charge in [0.25, 0.3) is 0 Å². The summed E-state index contributed by atoms with van der Waals surface area (Å²) in [6, 6.07) is 12.9. The average molecular weight is 377 g/mol. The summed E-state index contributed by atoms with van der Waals surface area (Å²) in [6.45, 7) is 5.66. The van der Waals surface area contributed by atoms with Crippen LogP contribution >= 0.6 is 23.4 Å². The standard InChI is InChI=1S/C19H21ClN2O2S/c1-12-4-7-16(8-5-12)21-19(24)14(3)25-11-18(23)22-17-9-6-15(20)10-13(17)2/h4-10,14H,11H2,1-3H3,(H,21,24)(H,22,23). The number of halogens is 1. The number of carbonyl (C=O) groups excluding carboxylic acids is 2. The highest BCUT2D eigenvalue weighted by Gasteiger charge is 2.16. The lowest BCUT2D eigenvalue weighted by molar-refractivity contribution is -0.115. The summed E-state index contributed by atoms with van der Waals surface area (Å²) in [5.74, 6) is -0.0698. The minimum atomic E-state index is -0.335. The number of hydrogen-bond donors (Lipinski definition) is 2. The molecule has 6 heteroatoms. The Hall–Kier alpha value is -1.98. The molecule has 1 atom stereocenters. The Morgan fingerprint density at radius 2 is 1.76 bits per heavy atom. The van der Waals surface area contributed by atoms with E-state index in [9.17, 15) is 9.59 Å². The first-order valence-corrected chi connectivity index (χ1v) is 9.33. The van der Waals surface area contributed by atoms with Crippen molar-refractivity contribution >= 4 is 46.6 Å². The molecule has 0 aliphatic heterocycles. The van der Waals surface area contributed by atoms with E-state index in [-0.39, 0.29) is 22.8 Å². The molecule has 0 saturated heterocycles. The SMILES string of the molecule is Cc1ccc(NC(=O)C(C)SCC(=O)Nc2ccc(Cl)cc2C)cc1. The molecule has 0 aliphatic rings. The van der Waals surface area contributed by atoms with Crippen LogP contribution in [0.1, 0.15) is 18.1 Å². The fourth-order valence-corrected chi connectivity index (χ4v) is 3.02. The number of amides is 2. The first-order chi connectivity index (χ1) is 11.8. The molecule has 0 spiro atoms. The lowest BCUT2D eigenvalue weighted by Gasteiger charge is -2.13. The zero-order valence-electron chi connectivity index (χ0n) is 14.4. The van der Waals surface area contributed by atoms with E-state index in [0.717, 1.165) is 22.5 Å². The summed E-state index contributed by atoms with van der Waals surface area (Å²) in [7, 11) is 0. The highest BCUT2D eigenvalue weighted by atomic mass is 35.5. The maximum Gasteiger partial charge on any atom is 0.237 e. The van der Waals surface area contributed by atoms with Crippen molar-refractivity contribution in [1.29, 1.82) is 0 Å². The largest absolute Gasteiger partial charge is 0.325 e. The second kappa shape index (κ2) is 8.92. The van der Waals surface area contributed by atoms with Gasteiger partial charge in [-0.15, -0.1) is 11.8 Å². The van der Waals surface area contributed by atoms with Crippen molar-refractivity contribution in [2.45, 2.75) is 26.0 Å². The second-order valence-corrected chi connectivity index (χ2v) is 7.58. The first kappa shape index (κ1) is 19.3. The highest BCUT2D eigenvalue weighted by molar-refractivity contribution is 8.01. The zero-order valence-corrected chi connectivity index (χ0v) is 16.0.